The number of hydrogen-bond donors (Lipinski definition) is 2. The maximum absolute atomic E-state index is 9.48. The number of hydrogen-bond acceptors (Lipinski definition) is 3. The van der Waals surface area contributed by atoms with Crippen LogP contribution in [0.1, 0.15) is 68.1 Å². The summed E-state index contributed by atoms with van der Waals surface area (Å²) in [5.41, 5.74) is 10.4. The maximum Gasteiger partial charge on any atom is 0.0611 e. The number of ether oxygens (including phenoxy) is 1. The molecular formula is C21H33NO2. The van der Waals surface area contributed by atoms with E-state index in [1.807, 2.05) is 0 Å². The quantitative estimate of drug-likeness (QED) is 0.751. The van der Waals surface area contributed by atoms with Gasteiger partial charge >= 0.3 is 0 Å². The Morgan fingerprint density at radius 2 is 2.17 bits per heavy atom. The summed E-state index contributed by atoms with van der Waals surface area (Å²) in [5.74, 6) is 1.35. The SMILES string of the molecule is CCOCCCC1CCc2cc([C@@H]3CC[C@](N)(CO)C3)ccc2C1. The average molecular weight is 332 g/mol. The third-order valence-corrected chi connectivity index (χ3v) is 6.10. The van der Waals surface area contributed by atoms with Crippen LogP contribution in [0.25, 0.3) is 0 Å². The van der Waals surface area contributed by atoms with Gasteiger partial charge in [0, 0.05) is 18.8 Å². The molecule has 3 rings (SSSR count). The van der Waals surface area contributed by atoms with Crippen molar-refractivity contribution < 1.29 is 9.84 Å². The first kappa shape index (κ1) is 17.9. The highest BCUT2D eigenvalue weighted by Gasteiger charge is 2.36. The van der Waals surface area contributed by atoms with Crippen LogP contribution < -0.4 is 5.73 Å². The number of aryl methyl sites for hydroxylation is 1. The lowest BCUT2D eigenvalue weighted by Gasteiger charge is -2.26. The summed E-state index contributed by atoms with van der Waals surface area (Å²) in [5, 5.41) is 9.48. The molecule has 1 fully saturated rings. The average Bonchev–Trinajstić information content (AvgIpc) is 3.01. The summed E-state index contributed by atoms with van der Waals surface area (Å²) in [4.78, 5) is 0. The van der Waals surface area contributed by atoms with Crippen molar-refractivity contribution in [1.82, 2.24) is 0 Å². The molecule has 2 aliphatic carbocycles. The van der Waals surface area contributed by atoms with Crippen molar-refractivity contribution in [3.8, 4) is 0 Å². The van der Waals surface area contributed by atoms with Gasteiger partial charge in [0.05, 0.1) is 6.61 Å². The van der Waals surface area contributed by atoms with Gasteiger partial charge in [0.15, 0.2) is 0 Å². The highest BCUT2D eigenvalue weighted by Crippen LogP contribution is 2.40. The number of aliphatic hydroxyl groups excluding tert-OH is 1. The molecule has 0 saturated heterocycles. The Balaban J connectivity index is 1.58. The molecule has 0 spiro atoms. The smallest absolute Gasteiger partial charge is 0.0611 e. The Labute approximate surface area is 146 Å². The molecule has 1 aromatic carbocycles. The summed E-state index contributed by atoms with van der Waals surface area (Å²) in [6, 6.07) is 7.10. The van der Waals surface area contributed by atoms with Gasteiger partial charge in [-0.2, -0.15) is 0 Å². The van der Waals surface area contributed by atoms with E-state index in [9.17, 15) is 5.11 Å². The van der Waals surface area contributed by atoms with Crippen molar-refractivity contribution in [1.29, 1.82) is 0 Å². The second kappa shape index (κ2) is 7.99. The first-order valence-corrected chi connectivity index (χ1v) is 9.73. The lowest BCUT2D eigenvalue weighted by atomic mass is 9.80. The van der Waals surface area contributed by atoms with E-state index in [-0.39, 0.29) is 12.1 Å². The van der Waals surface area contributed by atoms with Crippen molar-refractivity contribution >= 4 is 0 Å². The van der Waals surface area contributed by atoms with Crippen molar-refractivity contribution in [3.63, 3.8) is 0 Å². The molecule has 2 aliphatic rings. The van der Waals surface area contributed by atoms with Gasteiger partial charge in [0.25, 0.3) is 0 Å². The molecule has 0 bridgehead atoms. The minimum absolute atomic E-state index is 0.109. The van der Waals surface area contributed by atoms with Gasteiger partial charge in [0.1, 0.15) is 0 Å². The van der Waals surface area contributed by atoms with Crippen LogP contribution in [-0.2, 0) is 17.6 Å². The minimum atomic E-state index is -0.355. The highest BCUT2D eigenvalue weighted by molar-refractivity contribution is 5.36. The molecule has 3 nitrogen and oxygen atoms in total. The molecule has 0 aromatic heterocycles. The third kappa shape index (κ3) is 4.19. The van der Waals surface area contributed by atoms with Crippen LogP contribution in [0.2, 0.25) is 0 Å². The van der Waals surface area contributed by atoms with E-state index >= 15 is 0 Å². The second-order valence-electron chi connectivity index (χ2n) is 7.94. The molecule has 3 N–H and O–H groups in total. The third-order valence-electron chi connectivity index (χ3n) is 6.10. The van der Waals surface area contributed by atoms with E-state index in [0.717, 1.165) is 38.4 Å². The molecule has 24 heavy (non-hydrogen) atoms. The fraction of sp³-hybridized carbons (Fsp3) is 0.714. The lowest BCUT2D eigenvalue weighted by molar-refractivity contribution is 0.138. The van der Waals surface area contributed by atoms with Gasteiger partial charge in [-0.05, 0) is 86.8 Å². The van der Waals surface area contributed by atoms with Gasteiger partial charge < -0.3 is 15.6 Å². The highest BCUT2D eigenvalue weighted by atomic mass is 16.5. The van der Waals surface area contributed by atoms with Gasteiger partial charge in [-0.25, -0.2) is 0 Å². The Bertz CT molecular complexity index is 545. The van der Waals surface area contributed by atoms with E-state index in [4.69, 9.17) is 10.5 Å². The number of fused-ring (bicyclic) bond motifs is 1. The second-order valence-corrected chi connectivity index (χ2v) is 7.94. The number of aliphatic hydroxyl groups is 1. The van der Waals surface area contributed by atoms with Gasteiger partial charge in [-0.1, -0.05) is 18.2 Å². The number of benzene rings is 1. The van der Waals surface area contributed by atoms with Gasteiger partial charge in [-0.15, -0.1) is 0 Å². The molecule has 0 aliphatic heterocycles. The van der Waals surface area contributed by atoms with Crippen LogP contribution in [0.4, 0.5) is 0 Å². The molecule has 1 aromatic rings. The predicted molar refractivity (Wildman–Crippen MR) is 98.3 cm³/mol. The molecule has 3 atom stereocenters. The zero-order valence-electron chi connectivity index (χ0n) is 15.1. The molecule has 0 radical (unpaired) electrons. The topological polar surface area (TPSA) is 55.5 Å². The van der Waals surface area contributed by atoms with Crippen molar-refractivity contribution in [2.45, 2.75) is 69.7 Å². The van der Waals surface area contributed by atoms with Crippen LogP contribution in [-0.4, -0.2) is 30.5 Å². The normalized spacial score (nSPS) is 29.6. The molecule has 0 amide bonds. The minimum Gasteiger partial charge on any atom is -0.394 e. The zero-order chi connectivity index (χ0) is 17.0. The van der Waals surface area contributed by atoms with Crippen molar-refractivity contribution in [2.24, 2.45) is 11.7 Å². The molecule has 3 heteroatoms. The number of nitrogens with two attached hydrogens (primary N) is 1. The molecule has 134 valence electrons. The molecule has 1 saturated carbocycles. The molecule has 1 unspecified atom stereocenters. The van der Waals surface area contributed by atoms with E-state index in [1.54, 1.807) is 11.1 Å². The summed E-state index contributed by atoms with van der Waals surface area (Å²) in [7, 11) is 0. The molecule has 0 heterocycles. The Kier molecular flexibility index (Phi) is 5.96. The Hall–Kier alpha value is -0.900. The Morgan fingerprint density at radius 1 is 1.29 bits per heavy atom. The van der Waals surface area contributed by atoms with Crippen LogP contribution in [0, 0.1) is 5.92 Å². The monoisotopic (exact) mass is 331 g/mol. The summed E-state index contributed by atoms with van der Waals surface area (Å²) in [6.45, 7) is 3.91. The van der Waals surface area contributed by atoms with E-state index in [0.29, 0.717) is 5.92 Å². The van der Waals surface area contributed by atoms with E-state index in [1.165, 1.54) is 37.7 Å². The fourth-order valence-electron chi connectivity index (χ4n) is 4.55. The number of rotatable bonds is 7. The summed E-state index contributed by atoms with van der Waals surface area (Å²) < 4.78 is 5.46. The lowest BCUT2D eigenvalue weighted by Crippen LogP contribution is -2.40. The summed E-state index contributed by atoms with van der Waals surface area (Å²) in [6.07, 6.45) is 9.19. The van der Waals surface area contributed by atoms with Gasteiger partial charge in [-0.3, -0.25) is 0 Å². The zero-order valence-corrected chi connectivity index (χ0v) is 15.1. The van der Waals surface area contributed by atoms with E-state index < -0.39 is 0 Å². The predicted octanol–water partition coefficient (Wildman–Crippen LogP) is 3.57. The first-order valence-electron chi connectivity index (χ1n) is 9.73. The standard InChI is InChI=1S/C21H33NO2/c1-2-24-11-3-4-16-5-6-18-13-19(8-7-17(18)12-16)20-9-10-21(22,14-20)15-23/h7-8,13,16,20,23H,2-6,9-12,14-15,22H2,1H3/t16?,20-,21-/m1/s1. The van der Waals surface area contributed by atoms with Crippen LogP contribution in [0.3, 0.4) is 0 Å². The van der Waals surface area contributed by atoms with Crippen molar-refractivity contribution in [2.75, 3.05) is 19.8 Å². The first-order chi connectivity index (χ1) is 11.6. The Morgan fingerprint density at radius 3 is 2.92 bits per heavy atom. The van der Waals surface area contributed by atoms with Crippen LogP contribution in [0.5, 0.6) is 0 Å². The van der Waals surface area contributed by atoms with Gasteiger partial charge in [0.2, 0.25) is 0 Å². The largest absolute Gasteiger partial charge is 0.394 e. The van der Waals surface area contributed by atoms with Crippen LogP contribution in [0.15, 0.2) is 18.2 Å². The van der Waals surface area contributed by atoms with Crippen LogP contribution >= 0.6 is 0 Å². The van der Waals surface area contributed by atoms with Crippen molar-refractivity contribution in [3.05, 3.63) is 34.9 Å². The van der Waals surface area contributed by atoms with E-state index in [2.05, 4.69) is 25.1 Å². The molecular weight excluding hydrogens is 298 g/mol. The summed E-state index contributed by atoms with van der Waals surface area (Å²) >= 11 is 0. The fourth-order valence-corrected chi connectivity index (χ4v) is 4.55. The maximum atomic E-state index is 9.48.